The maximum Gasteiger partial charge on any atom is 0.404 e. The second kappa shape index (κ2) is 7.92. The van der Waals surface area contributed by atoms with Crippen molar-refractivity contribution in [3.63, 3.8) is 0 Å². The first kappa shape index (κ1) is 19.5. The van der Waals surface area contributed by atoms with Crippen molar-refractivity contribution in [1.82, 2.24) is 14.9 Å². The topological polar surface area (TPSA) is 99.2 Å². The van der Waals surface area contributed by atoms with E-state index in [0.29, 0.717) is 12.1 Å². The van der Waals surface area contributed by atoms with Gasteiger partial charge in [-0.2, -0.15) is 0 Å². The molecule has 0 aliphatic heterocycles. The van der Waals surface area contributed by atoms with Crippen LogP contribution in [0.5, 0.6) is 0 Å². The van der Waals surface area contributed by atoms with E-state index in [0.717, 1.165) is 36.3 Å². The second-order valence-electron chi connectivity index (χ2n) is 6.51. The molecule has 2 amide bonds. The van der Waals surface area contributed by atoms with Crippen LogP contribution in [0.3, 0.4) is 0 Å². The van der Waals surface area contributed by atoms with Crippen LogP contribution in [-0.2, 0) is 4.79 Å². The van der Waals surface area contributed by atoms with Gasteiger partial charge >= 0.3 is 6.09 Å². The van der Waals surface area contributed by atoms with E-state index in [1.807, 2.05) is 53.4 Å². The third kappa shape index (κ3) is 3.75. The Morgan fingerprint density at radius 2 is 1.93 bits per heavy atom. The number of hydrogen-bond donors (Lipinski definition) is 4. The summed E-state index contributed by atoms with van der Waals surface area (Å²) in [6.45, 7) is 0.165. The number of H-pyrrole nitrogens is 1. The predicted octanol–water partition coefficient (Wildman–Crippen LogP) is 5.07. The van der Waals surface area contributed by atoms with Gasteiger partial charge in [0.25, 0.3) is 0 Å². The summed E-state index contributed by atoms with van der Waals surface area (Å²) in [5.74, 6) is 0. The number of amides is 2. The van der Waals surface area contributed by atoms with Crippen molar-refractivity contribution in [3.8, 4) is 0 Å². The molecule has 4 rings (SSSR count). The minimum absolute atomic E-state index is 0.165. The summed E-state index contributed by atoms with van der Waals surface area (Å²) >= 11 is 6.94. The van der Waals surface area contributed by atoms with E-state index < -0.39 is 6.09 Å². The number of carbonyl (C=O) groups excluding carboxylic acids is 1. The molecule has 0 fully saturated rings. The molecule has 0 bridgehead atoms. The van der Waals surface area contributed by atoms with Crippen LogP contribution in [0.25, 0.3) is 21.8 Å². The van der Waals surface area contributed by atoms with Gasteiger partial charge in [-0.3, -0.25) is 4.79 Å². The number of anilines is 1. The Morgan fingerprint density at radius 3 is 2.69 bits per heavy atom. The molecule has 4 N–H and O–H groups in total. The number of aromatic nitrogens is 2. The normalized spacial score (nSPS) is 12.2. The monoisotopic (exact) mass is 518 g/mol. The third-order valence-corrected chi connectivity index (χ3v) is 5.81. The van der Waals surface area contributed by atoms with Crippen LogP contribution in [0.1, 0.15) is 11.6 Å². The van der Waals surface area contributed by atoms with Crippen molar-refractivity contribution in [1.29, 1.82) is 0 Å². The van der Waals surface area contributed by atoms with Gasteiger partial charge in [0.15, 0.2) is 0 Å². The number of rotatable bonds is 6. The van der Waals surface area contributed by atoms with Gasteiger partial charge in [0.2, 0.25) is 6.41 Å². The van der Waals surface area contributed by atoms with Crippen LogP contribution in [0.2, 0.25) is 0 Å². The lowest BCUT2D eigenvalue weighted by molar-refractivity contribution is -0.105. The molecule has 2 aromatic heterocycles. The van der Waals surface area contributed by atoms with Crippen molar-refractivity contribution >= 4 is 71.9 Å². The van der Waals surface area contributed by atoms with E-state index in [1.54, 1.807) is 0 Å². The number of hydrogen-bond acceptors (Lipinski definition) is 2. The molecule has 4 aromatic rings. The van der Waals surface area contributed by atoms with Crippen molar-refractivity contribution in [2.24, 2.45) is 0 Å². The number of halogens is 2. The molecule has 7 nitrogen and oxygen atoms in total. The minimum atomic E-state index is -1.09. The maximum atomic E-state index is 11.2. The highest BCUT2D eigenvalue weighted by Gasteiger charge is 2.22. The van der Waals surface area contributed by atoms with Crippen molar-refractivity contribution in [2.75, 3.05) is 11.9 Å². The highest BCUT2D eigenvalue weighted by atomic mass is 79.9. The lowest BCUT2D eigenvalue weighted by Gasteiger charge is -2.20. The van der Waals surface area contributed by atoms with Gasteiger partial charge in [0.05, 0.1) is 17.2 Å². The van der Waals surface area contributed by atoms with Gasteiger partial charge < -0.3 is 25.3 Å². The minimum Gasteiger partial charge on any atom is -0.465 e. The molecule has 148 valence electrons. The summed E-state index contributed by atoms with van der Waals surface area (Å²) < 4.78 is 3.81. The molecule has 0 saturated heterocycles. The number of fused-ring (bicyclic) bond motifs is 2. The smallest absolute Gasteiger partial charge is 0.404 e. The Hall–Kier alpha value is -2.78. The first-order valence-electron chi connectivity index (χ1n) is 8.71. The van der Waals surface area contributed by atoms with E-state index >= 15 is 0 Å². The lowest BCUT2D eigenvalue weighted by Crippen LogP contribution is -2.29. The standard InChI is InChI=1S/C20H16Br2N4O3/c21-11-2-4-18-14(5-11)17(25-10-27)9-26(18)19(8-24-20(28)29)15-7-23-16-6-12(22)1-3-13(15)16/h1-7,9-10,19,23-24H,8H2,(H,25,27)(H,28,29). The fraction of sp³-hybridized carbons (Fsp3) is 0.100. The summed E-state index contributed by atoms with van der Waals surface area (Å²) in [4.78, 5) is 25.6. The molecule has 0 aliphatic rings. The first-order valence-corrected chi connectivity index (χ1v) is 10.3. The fourth-order valence-corrected chi connectivity index (χ4v) is 4.32. The number of nitrogens with zero attached hydrogens (tertiary/aromatic N) is 1. The molecule has 29 heavy (non-hydrogen) atoms. The zero-order chi connectivity index (χ0) is 20.5. The van der Waals surface area contributed by atoms with Crippen LogP contribution in [0, 0.1) is 0 Å². The number of carbonyl (C=O) groups is 2. The Labute approximate surface area is 182 Å². The van der Waals surface area contributed by atoms with Crippen molar-refractivity contribution in [3.05, 3.63) is 63.3 Å². The van der Waals surface area contributed by atoms with Gasteiger partial charge in [-0.25, -0.2) is 4.79 Å². The predicted molar refractivity (Wildman–Crippen MR) is 119 cm³/mol. The molecule has 1 atom stereocenters. The fourth-order valence-electron chi connectivity index (χ4n) is 3.60. The molecule has 0 saturated carbocycles. The molecule has 2 heterocycles. The Balaban J connectivity index is 1.92. The van der Waals surface area contributed by atoms with Crippen molar-refractivity contribution < 1.29 is 14.7 Å². The van der Waals surface area contributed by atoms with E-state index in [1.165, 1.54) is 0 Å². The molecule has 9 heteroatoms. The van der Waals surface area contributed by atoms with Crippen LogP contribution < -0.4 is 10.6 Å². The van der Waals surface area contributed by atoms with Gasteiger partial charge in [0.1, 0.15) is 0 Å². The van der Waals surface area contributed by atoms with E-state index in [-0.39, 0.29) is 12.6 Å². The highest BCUT2D eigenvalue weighted by Crippen LogP contribution is 2.35. The Morgan fingerprint density at radius 1 is 1.17 bits per heavy atom. The van der Waals surface area contributed by atoms with Gasteiger partial charge in [-0.1, -0.05) is 37.9 Å². The summed E-state index contributed by atoms with van der Waals surface area (Å²) in [6.07, 6.45) is 3.26. The van der Waals surface area contributed by atoms with Crippen LogP contribution in [0.15, 0.2) is 57.7 Å². The number of carboxylic acid groups (broad SMARTS) is 1. The third-order valence-electron chi connectivity index (χ3n) is 4.83. The van der Waals surface area contributed by atoms with Crippen LogP contribution in [-0.4, -0.2) is 33.7 Å². The van der Waals surface area contributed by atoms with Crippen LogP contribution in [0.4, 0.5) is 10.5 Å². The maximum absolute atomic E-state index is 11.2. The SMILES string of the molecule is O=CNc1cn(C(CNC(=O)O)c2c[nH]c3cc(Br)ccc23)c2ccc(Br)cc12. The average molecular weight is 520 g/mol. The molecule has 1 unspecified atom stereocenters. The van der Waals surface area contributed by atoms with Gasteiger partial charge in [0, 0.05) is 49.7 Å². The second-order valence-corrected chi connectivity index (χ2v) is 8.34. The highest BCUT2D eigenvalue weighted by molar-refractivity contribution is 9.10. The molecular formula is C20H16Br2N4O3. The number of aromatic amines is 1. The van der Waals surface area contributed by atoms with Crippen molar-refractivity contribution in [2.45, 2.75) is 6.04 Å². The zero-order valence-corrected chi connectivity index (χ0v) is 18.1. The first-order chi connectivity index (χ1) is 14.0. The van der Waals surface area contributed by atoms with Gasteiger partial charge in [-0.05, 0) is 30.3 Å². The largest absolute Gasteiger partial charge is 0.465 e. The average Bonchev–Trinajstić information content (AvgIpc) is 3.24. The Bertz CT molecular complexity index is 1230. The van der Waals surface area contributed by atoms with Gasteiger partial charge in [-0.15, -0.1) is 0 Å². The van der Waals surface area contributed by atoms with E-state index in [9.17, 15) is 14.7 Å². The molecular weight excluding hydrogens is 504 g/mol. The summed E-state index contributed by atoms with van der Waals surface area (Å²) in [5.41, 5.74) is 3.42. The number of nitrogens with one attached hydrogen (secondary N) is 3. The molecule has 0 spiro atoms. The lowest BCUT2D eigenvalue weighted by atomic mass is 10.1. The van der Waals surface area contributed by atoms with E-state index in [2.05, 4.69) is 47.5 Å². The summed E-state index contributed by atoms with van der Waals surface area (Å²) in [5, 5.41) is 16.3. The quantitative estimate of drug-likeness (QED) is 0.267. The molecule has 0 radical (unpaired) electrons. The molecule has 0 aliphatic carbocycles. The summed E-state index contributed by atoms with van der Waals surface area (Å²) in [7, 11) is 0. The zero-order valence-electron chi connectivity index (χ0n) is 14.9. The Kier molecular flexibility index (Phi) is 5.33. The molecule has 2 aromatic carbocycles. The summed E-state index contributed by atoms with van der Waals surface area (Å²) in [6, 6.07) is 11.4. The van der Waals surface area contributed by atoms with Crippen LogP contribution >= 0.6 is 31.9 Å². The number of benzene rings is 2. The van der Waals surface area contributed by atoms with E-state index in [4.69, 9.17) is 0 Å².